The van der Waals surface area contributed by atoms with Crippen LogP contribution in [0, 0.1) is 11.8 Å². The minimum Gasteiger partial charge on any atom is -0.481 e. The van der Waals surface area contributed by atoms with Gasteiger partial charge >= 0.3 is 5.97 Å². The molecule has 0 aromatic rings. The van der Waals surface area contributed by atoms with Gasteiger partial charge in [-0.1, -0.05) is 13.8 Å². The highest BCUT2D eigenvalue weighted by atomic mass is 16.4. The van der Waals surface area contributed by atoms with Gasteiger partial charge in [0.1, 0.15) is 0 Å². The third kappa shape index (κ3) is 6.16. The second-order valence-electron chi connectivity index (χ2n) is 3.62. The minimum absolute atomic E-state index is 0.268. The van der Waals surface area contributed by atoms with E-state index >= 15 is 0 Å². The fraction of sp³-hybridized carbons (Fsp3) is 0.889. The van der Waals surface area contributed by atoms with Crippen molar-refractivity contribution in [3.05, 3.63) is 0 Å². The quantitative estimate of drug-likeness (QED) is 0.639. The summed E-state index contributed by atoms with van der Waals surface area (Å²) in [4.78, 5) is 10.3. The molecule has 0 aliphatic heterocycles. The molecule has 2 unspecified atom stereocenters. The molecule has 0 fully saturated rings. The zero-order valence-electron chi connectivity index (χ0n) is 7.92. The highest BCUT2D eigenvalue weighted by Crippen LogP contribution is 2.16. The summed E-state index contributed by atoms with van der Waals surface area (Å²) in [5, 5.41) is 8.50. The number of carbonyl (C=O) groups is 1. The topological polar surface area (TPSA) is 63.3 Å². The third-order valence-electron chi connectivity index (χ3n) is 1.99. The molecular weight excluding hydrogens is 154 g/mol. The summed E-state index contributed by atoms with van der Waals surface area (Å²) in [6.07, 6.45) is 2.22. The van der Waals surface area contributed by atoms with E-state index in [2.05, 4.69) is 6.92 Å². The van der Waals surface area contributed by atoms with Crippen molar-refractivity contribution in [2.24, 2.45) is 17.6 Å². The van der Waals surface area contributed by atoms with Crippen LogP contribution in [-0.4, -0.2) is 17.6 Å². The largest absolute Gasteiger partial charge is 0.481 e. The number of rotatable bonds is 6. The van der Waals surface area contributed by atoms with Crippen LogP contribution < -0.4 is 5.73 Å². The maximum absolute atomic E-state index is 10.3. The number of carboxylic acids is 1. The molecule has 3 N–H and O–H groups in total. The van der Waals surface area contributed by atoms with Gasteiger partial charge in [-0.2, -0.15) is 0 Å². The molecule has 0 rings (SSSR count). The van der Waals surface area contributed by atoms with Crippen LogP contribution in [0.3, 0.4) is 0 Å². The number of carboxylic acid groups (broad SMARTS) is 1. The Morgan fingerprint density at radius 3 is 2.42 bits per heavy atom. The summed E-state index contributed by atoms with van der Waals surface area (Å²) in [5.41, 5.74) is 5.39. The minimum atomic E-state index is -0.706. The van der Waals surface area contributed by atoms with Crippen LogP contribution in [0.5, 0.6) is 0 Å². The first kappa shape index (κ1) is 11.4. The average Bonchev–Trinajstić information content (AvgIpc) is 1.84. The van der Waals surface area contributed by atoms with E-state index in [4.69, 9.17) is 10.8 Å². The van der Waals surface area contributed by atoms with E-state index < -0.39 is 5.97 Å². The lowest BCUT2D eigenvalue weighted by Crippen LogP contribution is -2.11. The fourth-order valence-electron chi connectivity index (χ4n) is 1.47. The van der Waals surface area contributed by atoms with Crippen molar-refractivity contribution in [3.8, 4) is 0 Å². The van der Waals surface area contributed by atoms with Gasteiger partial charge in [0.05, 0.1) is 0 Å². The van der Waals surface area contributed by atoms with Crippen molar-refractivity contribution in [2.75, 3.05) is 6.54 Å². The summed E-state index contributed by atoms with van der Waals surface area (Å²) in [6, 6.07) is 0. The van der Waals surface area contributed by atoms with Crippen molar-refractivity contribution in [2.45, 2.75) is 33.1 Å². The van der Waals surface area contributed by atoms with Crippen LogP contribution in [0.25, 0.3) is 0 Å². The second kappa shape index (κ2) is 6.00. The molecule has 0 aliphatic rings. The molecule has 0 saturated heterocycles. The van der Waals surface area contributed by atoms with Crippen molar-refractivity contribution >= 4 is 5.97 Å². The van der Waals surface area contributed by atoms with Crippen LogP contribution in [0.4, 0.5) is 0 Å². The van der Waals surface area contributed by atoms with Crippen LogP contribution >= 0.6 is 0 Å². The maximum Gasteiger partial charge on any atom is 0.303 e. The highest BCUT2D eigenvalue weighted by Gasteiger charge is 2.11. The first-order valence-corrected chi connectivity index (χ1v) is 4.48. The van der Waals surface area contributed by atoms with E-state index in [9.17, 15) is 4.79 Å². The first-order chi connectivity index (χ1) is 5.56. The number of nitrogens with two attached hydrogens (primary N) is 1. The van der Waals surface area contributed by atoms with Crippen molar-refractivity contribution in [1.82, 2.24) is 0 Å². The lowest BCUT2D eigenvalue weighted by molar-refractivity contribution is -0.138. The summed E-state index contributed by atoms with van der Waals surface area (Å²) < 4.78 is 0. The highest BCUT2D eigenvalue weighted by molar-refractivity contribution is 5.66. The van der Waals surface area contributed by atoms with Crippen molar-refractivity contribution in [1.29, 1.82) is 0 Å². The third-order valence-corrected chi connectivity index (χ3v) is 1.99. The fourth-order valence-corrected chi connectivity index (χ4v) is 1.47. The molecule has 2 atom stereocenters. The average molecular weight is 173 g/mol. The van der Waals surface area contributed by atoms with E-state index in [1.54, 1.807) is 0 Å². The van der Waals surface area contributed by atoms with Crippen LogP contribution in [0.2, 0.25) is 0 Å². The summed E-state index contributed by atoms with van der Waals surface area (Å²) in [7, 11) is 0. The van der Waals surface area contributed by atoms with Crippen LogP contribution in [0.1, 0.15) is 33.1 Å². The Morgan fingerprint density at radius 1 is 1.42 bits per heavy atom. The number of aliphatic carboxylic acids is 1. The van der Waals surface area contributed by atoms with Crippen LogP contribution in [0.15, 0.2) is 0 Å². The van der Waals surface area contributed by atoms with Gasteiger partial charge in [0.15, 0.2) is 0 Å². The molecule has 0 aliphatic carbocycles. The molecule has 0 spiro atoms. The Labute approximate surface area is 74.0 Å². The molecule has 0 saturated carbocycles. The van der Waals surface area contributed by atoms with Gasteiger partial charge in [0, 0.05) is 6.42 Å². The molecule has 0 heterocycles. The molecule has 0 aromatic heterocycles. The maximum atomic E-state index is 10.3. The molecule has 72 valence electrons. The second-order valence-corrected chi connectivity index (χ2v) is 3.62. The van der Waals surface area contributed by atoms with Gasteiger partial charge in [-0.15, -0.1) is 0 Å². The normalized spacial score (nSPS) is 15.6. The lowest BCUT2D eigenvalue weighted by atomic mass is 9.93. The Morgan fingerprint density at radius 2 is 2.00 bits per heavy atom. The molecule has 3 heteroatoms. The number of hydrogen-bond donors (Lipinski definition) is 2. The monoisotopic (exact) mass is 173 g/mol. The summed E-state index contributed by atoms with van der Waals surface area (Å²) in [6.45, 7) is 4.79. The van der Waals surface area contributed by atoms with E-state index in [0.29, 0.717) is 12.5 Å². The molecule has 0 radical (unpaired) electrons. The molecule has 0 aromatic carbocycles. The van der Waals surface area contributed by atoms with Gasteiger partial charge in [0.25, 0.3) is 0 Å². The standard InChI is InChI=1S/C9H19NO2/c1-7(3-4-10)5-8(2)6-9(11)12/h7-8H,3-6,10H2,1-2H3,(H,11,12). The van der Waals surface area contributed by atoms with E-state index in [1.807, 2.05) is 6.92 Å². The van der Waals surface area contributed by atoms with Crippen molar-refractivity contribution < 1.29 is 9.90 Å². The summed E-state index contributed by atoms with van der Waals surface area (Å²) >= 11 is 0. The Bertz CT molecular complexity index is 136. The predicted molar refractivity (Wildman–Crippen MR) is 48.9 cm³/mol. The first-order valence-electron chi connectivity index (χ1n) is 4.48. The number of hydrogen-bond acceptors (Lipinski definition) is 2. The van der Waals surface area contributed by atoms with Gasteiger partial charge in [-0.3, -0.25) is 4.79 Å². The zero-order chi connectivity index (χ0) is 9.56. The van der Waals surface area contributed by atoms with Gasteiger partial charge in [0.2, 0.25) is 0 Å². The molecule has 0 amide bonds. The molecular formula is C9H19NO2. The van der Waals surface area contributed by atoms with Gasteiger partial charge < -0.3 is 10.8 Å². The van der Waals surface area contributed by atoms with Crippen molar-refractivity contribution in [3.63, 3.8) is 0 Å². The van der Waals surface area contributed by atoms with E-state index in [-0.39, 0.29) is 12.3 Å². The lowest BCUT2D eigenvalue weighted by Gasteiger charge is -2.14. The smallest absolute Gasteiger partial charge is 0.303 e. The molecule has 3 nitrogen and oxygen atoms in total. The van der Waals surface area contributed by atoms with E-state index in [0.717, 1.165) is 12.8 Å². The molecule has 12 heavy (non-hydrogen) atoms. The Kier molecular flexibility index (Phi) is 5.72. The predicted octanol–water partition coefficient (Wildman–Crippen LogP) is 1.47. The van der Waals surface area contributed by atoms with Crippen LogP contribution in [-0.2, 0) is 4.79 Å². The van der Waals surface area contributed by atoms with Gasteiger partial charge in [-0.05, 0) is 31.2 Å². The Hall–Kier alpha value is -0.570. The Balaban J connectivity index is 3.53. The summed E-state index contributed by atoms with van der Waals surface area (Å²) in [5.74, 6) is 0.107. The zero-order valence-corrected chi connectivity index (χ0v) is 7.92. The van der Waals surface area contributed by atoms with Gasteiger partial charge in [-0.25, -0.2) is 0 Å². The SMILES string of the molecule is CC(CCN)CC(C)CC(=O)O. The van der Waals surface area contributed by atoms with E-state index in [1.165, 1.54) is 0 Å². The molecule has 0 bridgehead atoms.